The van der Waals surface area contributed by atoms with Crippen LogP contribution in [0.2, 0.25) is 0 Å². The monoisotopic (exact) mass is 445 g/mol. The maximum Gasteiger partial charge on any atom is 0.291 e. The zero-order valence-corrected chi connectivity index (χ0v) is 18.1. The number of nitrogens with one attached hydrogen (secondary N) is 2. The van der Waals surface area contributed by atoms with Crippen LogP contribution in [0.4, 0.5) is 5.69 Å². The zero-order valence-electron chi connectivity index (χ0n) is 18.1. The molecule has 168 valence electrons. The van der Waals surface area contributed by atoms with Crippen molar-refractivity contribution in [1.29, 1.82) is 0 Å². The van der Waals surface area contributed by atoms with Crippen LogP contribution in [0.15, 0.2) is 58.0 Å². The predicted molar refractivity (Wildman–Crippen MR) is 122 cm³/mol. The van der Waals surface area contributed by atoms with Gasteiger partial charge < -0.3 is 19.2 Å². The van der Waals surface area contributed by atoms with Crippen LogP contribution in [0.5, 0.6) is 11.5 Å². The molecule has 2 N–H and O–H groups in total. The highest BCUT2D eigenvalue weighted by Crippen LogP contribution is 2.35. The van der Waals surface area contributed by atoms with E-state index in [2.05, 4.69) is 15.8 Å². The van der Waals surface area contributed by atoms with E-state index in [1.165, 1.54) is 0 Å². The van der Waals surface area contributed by atoms with Gasteiger partial charge in [-0.05, 0) is 37.5 Å². The molecule has 2 heterocycles. The Morgan fingerprint density at radius 2 is 1.85 bits per heavy atom. The molecule has 2 aromatic carbocycles. The van der Waals surface area contributed by atoms with Crippen LogP contribution in [-0.4, -0.2) is 24.3 Å². The maximum atomic E-state index is 12.9. The van der Waals surface area contributed by atoms with Gasteiger partial charge in [0.15, 0.2) is 17.3 Å². The molecule has 3 aromatic rings. The summed E-state index contributed by atoms with van der Waals surface area (Å²) in [7, 11) is 0. The van der Waals surface area contributed by atoms with Crippen molar-refractivity contribution in [2.24, 2.45) is 5.10 Å². The Morgan fingerprint density at radius 1 is 1.03 bits per heavy atom. The molecule has 0 fully saturated rings. The summed E-state index contributed by atoms with van der Waals surface area (Å²) in [5.41, 5.74) is 6.39. The van der Waals surface area contributed by atoms with Crippen molar-refractivity contribution in [2.45, 2.75) is 32.6 Å². The van der Waals surface area contributed by atoms with Crippen molar-refractivity contribution < 1.29 is 23.5 Å². The highest BCUT2D eigenvalue weighted by Gasteiger charge is 2.28. The molecule has 8 heteroatoms. The number of amides is 2. The Kier molecular flexibility index (Phi) is 5.56. The van der Waals surface area contributed by atoms with Gasteiger partial charge in [0.05, 0.1) is 12.1 Å². The first kappa shape index (κ1) is 20.8. The SMILES string of the molecule is Cc1c(C(=O)Nc2ccc3c(c2)OCO3)oc2c1/C(=N/NC(=O)Cc1ccccc1)CCC2. The van der Waals surface area contributed by atoms with E-state index in [-0.39, 0.29) is 30.8 Å². The van der Waals surface area contributed by atoms with E-state index < -0.39 is 0 Å². The van der Waals surface area contributed by atoms with E-state index in [1.807, 2.05) is 37.3 Å². The summed E-state index contributed by atoms with van der Waals surface area (Å²) in [6.07, 6.45) is 2.49. The Morgan fingerprint density at radius 3 is 2.70 bits per heavy atom. The first-order valence-electron chi connectivity index (χ1n) is 10.8. The minimum absolute atomic E-state index is 0.167. The minimum Gasteiger partial charge on any atom is -0.455 e. The van der Waals surface area contributed by atoms with Crippen LogP contribution in [0, 0.1) is 6.92 Å². The molecular weight excluding hydrogens is 422 g/mol. The molecule has 2 amide bonds. The van der Waals surface area contributed by atoms with E-state index in [0.29, 0.717) is 41.4 Å². The second-order valence-corrected chi connectivity index (χ2v) is 7.99. The molecule has 5 rings (SSSR count). The molecule has 1 aromatic heterocycles. The summed E-state index contributed by atoms with van der Waals surface area (Å²) in [5.74, 6) is 1.64. The van der Waals surface area contributed by atoms with Crippen molar-refractivity contribution in [2.75, 3.05) is 12.1 Å². The molecule has 0 spiro atoms. The highest BCUT2D eigenvalue weighted by molar-refractivity contribution is 6.09. The third kappa shape index (κ3) is 4.32. The lowest BCUT2D eigenvalue weighted by Gasteiger charge is -2.13. The van der Waals surface area contributed by atoms with Gasteiger partial charge >= 0.3 is 0 Å². The molecule has 0 saturated carbocycles. The predicted octanol–water partition coefficient (Wildman–Crippen LogP) is 3.97. The van der Waals surface area contributed by atoms with Crippen molar-refractivity contribution in [1.82, 2.24) is 5.43 Å². The number of hydrazone groups is 1. The minimum atomic E-state index is -0.353. The van der Waals surface area contributed by atoms with Crippen LogP contribution in [-0.2, 0) is 17.6 Å². The van der Waals surface area contributed by atoms with Gasteiger partial charge in [-0.15, -0.1) is 0 Å². The number of furan rings is 1. The van der Waals surface area contributed by atoms with Crippen LogP contribution in [0.3, 0.4) is 0 Å². The van der Waals surface area contributed by atoms with Crippen LogP contribution in [0.1, 0.15) is 45.8 Å². The van der Waals surface area contributed by atoms with Crippen LogP contribution < -0.4 is 20.2 Å². The first-order chi connectivity index (χ1) is 16.1. The summed E-state index contributed by atoms with van der Waals surface area (Å²) in [4.78, 5) is 25.3. The quantitative estimate of drug-likeness (QED) is 0.579. The number of anilines is 1. The number of hydrogen-bond donors (Lipinski definition) is 2. The molecule has 8 nitrogen and oxygen atoms in total. The summed E-state index contributed by atoms with van der Waals surface area (Å²) >= 11 is 0. The number of ether oxygens (including phenoxy) is 2. The van der Waals surface area contributed by atoms with Gasteiger partial charge in [0, 0.05) is 29.3 Å². The molecule has 0 unspecified atom stereocenters. The first-order valence-corrected chi connectivity index (χ1v) is 10.8. The lowest BCUT2D eigenvalue weighted by atomic mass is 9.93. The Hall–Kier alpha value is -4.07. The van der Waals surface area contributed by atoms with E-state index in [4.69, 9.17) is 13.9 Å². The van der Waals surface area contributed by atoms with E-state index >= 15 is 0 Å². The Bertz CT molecular complexity index is 1250. The molecule has 33 heavy (non-hydrogen) atoms. The van der Waals surface area contributed by atoms with Crippen molar-refractivity contribution in [3.05, 3.63) is 76.7 Å². The summed E-state index contributed by atoms with van der Waals surface area (Å²) in [6, 6.07) is 14.7. The van der Waals surface area contributed by atoms with Gasteiger partial charge in [-0.3, -0.25) is 9.59 Å². The number of rotatable bonds is 5. The number of benzene rings is 2. The molecule has 0 atom stereocenters. The third-order valence-corrected chi connectivity index (χ3v) is 5.69. The summed E-state index contributed by atoms with van der Waals surface area (Å²) in [6.45, 7) is 2.00. The number of nitrogens with zero attached hydrogens (tertiary/aromatic N) is 1. The second kappa shape index (κ2) is 8.82. The highest BCUT2D eigenvalue weighted by atomic mass is 16.7. The van der Waals surface area contributed by atoms with E-state index in [0.717, 1.165) is 23.3 Å². The third-order valence-electron chi connectivity index (χ3n) is 5.69. The Labute approximate surface area is 190 Å². The van der Waals surface area contributed by atoms with Gasteiger partial charge in [-0.25, -0.2) is 5.43 Å². The lowest BCUT2D eigenvalue weighted by Crippen LogP contribution is -2.23. The number of carbonyl (C=O) groups excluding carboxylic acids is 2. The van der Waals surface area contributed by atoms with Gasteiger partial charge in [-0.1, -0.05) is 30.3 Å². The lowest BCUT2D eigenvalue weighted by molar-refractivity contribution is -0.120. The van der Waals surface area contributed by atoms with Gasteiger partial charge in [-0.2, -0.15) is 5.10 Å². The van der Waals surface area contributed by atoms with Crippen LogP contribution in [0.25, 0.3) is 0 Å². The molecule has 2 aliphatic rings. The molecule has 0 saturated heterocycles. The van der Waals surface area contributed by atoms with Crippen molar-refractivity contribution in [3.8, 4) is 11.5 Å². The largest absolute Gasteiger partial charge is 0.455 e. The standard InChI is InChI=1S/C25H23N3O5/c1-15-23-18(27-28-22(29)12-16-6-3-2-4-7-16)8-5-9-20(23)33-24(15)25(30)26-17-10-11-19-21(13-17)32-14-31-19/h2-4,6-7,10-11,13H,5,8-9,12,14H2,1H3,(H,26,30)(H,28,29)/b27-18+. The zero-order chi connectivity index (χ0) is 22.8. The van der Waals surface area contributed by atoms with E-state index in [9.17, 15) is 9.59 Å². The van der Waals surface area contributed by atoms with Crippen molar-refractivity contribution in [3.63, 3.8) is 0 Å². The smallest absolute Gasteiger partial charge is 0.291 e. The molecule has 1 aliphatic carbocycles. The summed E-state index contributed by atoms with van der Waals surface area (Å²) < 4.78 is 16.6. The number of hydrogen-bond acceptors (Lipinski definition) is 6. The second-order valence-electron chi connectivity index (χ2n) is 7.99. The maximum absolute atomic E-state index is 12.9. The van der Waals surface area contributed by atoms with Gasteiger partial charge in [0.1, 0.15) is 5.76 Å². The van der Waals surface area contributed by atoms with Crippen molar-refractivity contribution >= 4 is 23.2 Å². The summed E-state index contributed by atoms with van der Waals surface area (Å²) in [5, 5.41) is 7.22. The number of carbonyl (C=O) groups is 2. The molecule has 1 aliphatic heterocycles. The average Bonchev–Trinajstić information content (AvgIpc) is 3.42. The topological polar surface area (TPSA) is 102 Å². The molecule has 0 bridgehead atoms. The average molecular weight is 445 g/mol. The normalized spacial score (nSPS) is 15.2. The Balaban J connectivity index is 1.32. The fraction of sp³-hybridized carbons (Fsp3) is 0.240. The van der Waals surface area contributed by atoms with Gasteiger partial charge in [0.25, 0.3) is 5.91 Å². The van der Waals surface area contributed by atoms with Crippen LogP contribution >= 0.6 is 0 Å². The number of fused-ring (bicyclic) bond motifs is 2. The fourth-order valence-electron chi connectivity index (χ4n) is 4.11. The van der Waals surface area contributed by atoms with E-state index in [1.54, 1.807) is 18.2 Å². The fourth-order valence-corrected chi connectivity index (χ4v) is 4.11. The van der Waals surface area contributed by atoms with Gasteiger partial charge in [0.2, 0.25) is 12.7 Å². The molecule has 0 radical (unpaired) electrons. The molecular formula is C25H23N3O5. The number of aryl methyl sites for hydroxylation is 1.